The minimum atomic E-state index is 0.801. The third-order valence-corrected chi connectivity index (χ3v) is 4.03. The molecule has 0 aliphatic carbocycles. The van der Waals surface area contributed by atoms with Gasteiger partial charge in [0, 0.05) is 18.7 Å². The molecule has 130 valence electrons. The fraction of sp³-hybridized carbons (Fsp3) is 0.429. The van der Waals surface area contributed by atoms with Gasteiger partial charge in [0.2, 0.25) is 0 Å². The van der Waals surface area contributed by atoms with Crippen molar-refractivity contribution in [1.82, 2.24) is 5.32 Å². The summed E-state index contributed by atoms with van der Waals surface area (Å²) in [5, 5.41) is 3.49. The van der Waals surface area contributed by atoms with Crippen LogP contribution in [0, 0.1) is 0 Å². The Balaban J connectivity index is 1.78. The first-order valence-corrected chi connectivity index (χ1v) is 8.88. The standard InChI is InChI=1S/C21H29NO2/c1-3-4-5-8-15-24-21-10-7-6-9-19(21)17-22-16-18-11-13-20(23-2)14-12-18/h6-7,9-14,22H,3-5,8,15-17H2,1-2H3. The summed E-state index contributed by atoms with van der Waals surface area (Å²) in [6, 6.07) is 16.4. The van der Waals surface area contributed by atoms with Gasteiger partial charge in [0.1, 0.15) is 11.5 Å². The Kier molecular flexibility index (Phi) is 8.19. The van der Waals surface area contributed by atoms with Gasteiger partial charge < -0.3 is 14.8 Å². The van der Waals surface area contributed by atoms with E-state index >= 15 is 0 Å². The van der Waals surface area contributed by atoms with Gasteiger partial charge in [0.15, 0.2) is 0 Å². The van der Waals surface area contributed by atoms with Crippen LogP contribution in [0.2, 0.25) is 0 Å². The smallest absolute Gasteiger partial charge is 0.123 e. The minimum absolute atomic E-state index is 0.801. The van der Waals surface area contributed by atoms with Crippen LogP contribution in [-0.2, 0) is 13.1 Å². The summed E-state index contributed by atoms with van der Waals surface area (Å²) in [5.74, 6) is 1.89. The maximum absolute atomic E-state index is 5.96. The van der Waals surface area contributed by atoms with Crippen LogP contribution in [-0.4, -0.2) is 13.7 Å². The molecule has 0 saturated heterocycles. The van der Waals surface area contributed by atoms with E-state index in [0.29, 0.717) is 0 Å². The first kappa shape index (κ1) is 18.3. The van der Waals surface area contributed by atoms with E-state index < -0.39 is 0 Å². The average molecular weight is 327 g/mol. The maximum Gasteiger partial charge on any atom is 0.123 e. The highest BCUT2D eigenvalue weighted by Crippen LogP contribution is 2.19. The molecule has 3 heteroatoms. The van der Waals surface area contributed by atoms with Crippen LogP contribution in [0.15, 0.2) is 48.5 Å². The molecule has 0 spiro atoms. The minimum Gasteiger partial charge on any atom is -0.497 e. The van der Waals surface area contributed by atoms with E-state index in [-0.39, 0.29) is 0 Å². The summed E-state index contributed by atoms with van der Waals surface area (Å²) in [5.41, 5.74) is 2.45. The van der Waals surface area contributed by atoms with Crippen LogP contribution in [0.3, 0.4) is 0 Å². The van der Waals surface area contributed by atoms with Gasteiger partial charge in [0.25, 0.3) is 0 Å². The lowest BCUT2D eigenvalue weighted by Crippen LogP contribution is -2.13. The van der Waals surface area contributed by atoms with Gasteiger partial charge in [0.05, 0.1) is 13.7 Å². The number of nitrogens with one attached hydrogen (secondary N) is 1. The number of hydrogen-bond acceptors (Lipinski definition) is 3. The molecule has 2 aromatic carbocycles. The Labute approximate surface area is 146 Å². The highest BCUT2D eigenvalue weighted by atomic mass is 16.5. The molecule has 0 atom stereocenters. The van der Waals surface area contributed by atoms with Gasteiger partial charge in [-0.15, -0.1) is 0 Å². The largest absolute Gasteiger partial charge is 0.497 e. The molecule has 2 rings (SSSR count). The Hall–Kier alpha value is -2.00. The molecule has 0 aromatic heterocycles. The second-order valence-corrected chi connectivity index (χ2v) is 5.97. The summed E-state index contributed by atoms with van der Waals surface area (Å²) >= 11 is 0. The van der Waals surface area contributed by atoms with Crippen LogP contribution in [0.4, 0.5) is 0 Å². The number of ether oxygens (including phenoxy) is 2. The highest BCUT2D eigenvalue weighted by molar-refractivity contribution is 5.33. The highest BCUT2D eigenvalue weighted by Gasteiger charge is 2.03. The molecule has 3 nitrogen and oxygen atoms in total. The molecule has 0 saturated carbocycles. The second kappa shape index (κ2) is 10.7. The lowest BCUT2D eigenvalue weighted by Gasteiger charge is -2.12. The summed E-state index contributed by atoms with van der Waals surface area (Å²) in [6.07, 6.45) is 4.91. The molecule has 0 amide bonds. The maximum atomic E-state index is 5.96. The summed E-state index contributed by atoms with van der Waals surface area (Å²) in [6.45, 7) is 4.66. The van der Waals surface area contributed by atoms with Crippen molar-refractivity contribution in [2.45, 2.75) is 45.7 Å². The van der Waals surface area contributed by atoms with Crippen molar-refractivity contribution in [3.8, 4) is 11.5 Å². The first-order valence-electron chi connectivity index (χ1n) is 8.88. The van der Waals surface area contributed by atoms with E-state index in [1.54, 1.807) is 7.11 Å². The molecule has 24 heavy (non-hydrogen) atoms. The van der Waals surface area contributed by atoms with Gasteiger partial charge >= 0.3 is 0 Å². The quantitative estimate of drug-likeness (QED) is 0.593. The van der Waals surface area contributed by atoms with Crippen LogP contribution < -0.4 is 14.8 Å². The monoisotopic (exact) mass is 327 g/mol. The second-order valence-electron chi connectivity index (χ2n) is 5.97. The average Bonchev–Trinajstić information content (AvgIpc) is 2.63. The van der Waals surface area contributed by atoms with E-state index in [1.807, 2.05) is 18.2 Å². The number of rotatable bonds is 11. The van der Waals surface area contributed by atoms with E-state index in [0.717, 1.165) is 37.6 Å². The van der Waals surface area contributed by atoms with Crippen LogP contribution in [0.5, 0.6) is 11.5 Å². The fourth-order valence-electron chi connectivity index (χ4n) is 2.59. The van der Waals surface area contributed by atoms with Crippen molar-refractivity contribution < 1.29 is 9.47 Å². The first-order chi connectivity index (χ1) is 11.8. The molecule has 0 bridgehead atoms. The molecule has 2 aromatic rings. The number of unbranched alkanes of at least 4 members (excludes halogenated alkanes) is 3. The number of para-hydroxylation sites is 1. The Morgan fingerprint density at radius 2 is 1.67 bits per heavy atom. The molecule has 1 N–H and O–H groups in total. The Bertz CT molecular complexity index is 581. The predicted molar refractivity (Wildman–Crippen MR) is 99.6 cm³/mol. The molecule has 0 aliphatic rings. The molecule has 0 radical (unpaired) electrons. The number of benzene rings is 2. The van der Waals surface area contributed by atoms with Crippen LogP contribution >= 0.6 is 0 Å². The van der Waals surface area contributed by atoms with Crippen molar-refractivity contribution in [2.24, 2.45) is 0 Å². The normalized spacial score (nSPS) is 10.6. The van der Waals surface area contributed by atoms with E-state index in [1.165, 1.54) is 30.4 Å². The van der Waals surface area contributed by atoms with Crippen LogP contribution in [0.1, 0.15) is 43.7 Å². The van der Waals surface area contributed by atoms with E-state index in [4.69, 9.17) is 9.47 Å². The van der Waals surface area contributed by atoms with Gasteiger partial charge in [-0.3, -0.25) is 0 Å². The fourth-order valence-corrected chi connectivity index (χ4v) is 2.59. The Morgan fingerprint density at radius 3 is 2.42 bits per heavy atom. The topological polar surface area (TPSA) is 30.5 Å². The molecule has 0 aliphatic heterocycles. The molecule has 0 heterocycles. The van der Waals surface area contributed by atoms with Crippen molar-refractivity contribution in [3.05, 3.63) is 59.7 Å². The third-order valence-electron chi connectivity index (χ3n) is 4.03. The predicted octanol–water partition coefficient (Wildman–Crippen LogP) is 4.94. The zero-order chi connectivity index (χ0) is 17.0. The molecular formula is C21H29NO2. The lowest BCUT2D eigenvalue weighted by atomic mass is 10.1. The number of hydrogen-bond donors (Lipinski definition) is 1. The van der Waals surface area contributed by atoms with E-state index in [2.05, 4.69) is 42.6 Å². The van der Waals surface area contributed by atoms with Gasteiger partial charge in [-0.05, 0) is 30.2 Å². The lowest BCUT2D eigenvalue weighted by molar-refractivity contribution is 0.301. The van der Waals surface area contributed by atoms with Crippen molar-refractivity contribution >= 4 is 0 Å². The summed E-state index contributed by atoms with van der Waals surface area (Å²) in [7, 11) is 1.69. The molecular weight excluding hydrogens is 298 g/mol. The van der Waals surface area contributed by atoms with Crippen molar-refractivity contribution in [1.29, 1.82) is 0 Å². The molecule has 0 unspecified atom stereocenters. The number of methoxy groups -OCH3 is 1. The summed E-state index contributed by atoms with van der Waals surface area (Å²) < 4.78 is 11.1. The van der Waals surface area contributed by atoms with Crippen molar-refractivity contribution in [3.63, 3.8) is 0 Å². The van der Waals surface area contributed by atoms with Gasteiger partial charge in [-0.2, -0.15) is 0 Å². The third kappa shape index (κ3) is 6.25. The van der Waals surface area contributed by atoms with Gasteiger partial charge in [-0.25, -0.2) is 0 Å². The zero-order valence-corrected chi connectivity index (χ0v) is 14.9. The van der Waals surface area contributed by atoms with E-state index in [9.17, 15) is 0 Å². The van der Waals surface area contributed by atoms with Crippen molar-refractivity contribution in [2.75, 3.05) is 13.7 Å². The summed E-state index contributed by atoms with van der Waals surface area (Å²) in [4.78, 5) is 0. The van der Waals surface area contributed by atoms with Crippen LogP contribution in [0.25, 0.3) is 0 Å². The Morgan fingerprint density at radius 1 is 0.875 bits per heavy atom. The zero-order valence-electron chi connectivity index (χ0n) is 14.9. The SMILES string of the molecule is CCCCCCOc1ccccc1CNCc1ccc(OC)cc1. The van der Waals surface area contributed by atoms with Gasteiger partial charge in [-0.1, -0.05) is 56.5 Å². The molecule has 0 fully saturated rings.